The minimum Gasteiger partial charge on any atom is -0.369 e. The molecule has 0 spiro atoms. The molecule has 270 valence electrons. The fraction of sp³-hybridized carbons (Fsp3) is 0.300. The summed E-state index contributed by atoms with van der Waals surface area (Å²) in [6.07, 6.45) is 12.1. The Hall–Kier alpha value is -2.90. The summed E-state index contributed by atoms with van der Waals surface area (Å²) in [4.78, 5) is 16.2. The predicted octanol–water partition coefficient (Wildman–Crippen LogP) is 10.8. The number of anilines is 3. The summed E-state index contributed by atoms with van der Waals surface area (Å²) < 4.78 is 0. The molecule has 5 nitrogen and oxygen atoms in total. The summed E-state index contributed by atoms with van der Waals surface area (Å²) in [7, 11) is 0. The van der Waals surface area contributed by atoms with Crippen LogP contribution in [-0.2, 0) is 0 Å². The molecule has 0 amide bonds. The SMILES string of the molecule is ClCCN(CCCl)c1ccc(/C=C\c2cc(/C=C\c3ccc(N(CCCl)CCCl)cc3)nc(/C=C/c3ccc(N(CCCl)CCCl)cc3)n2)cc1. The lowest BCUT2D eigenvalue weighted by Crippen LogP contribution is -2.27. The van der Waals surface area contributed by atoms with Crippen LogP contribution in [0.2, 0.25) is 0 Å². The lowest BCUT2D eigenvalue weighted by molar-refractivity contribution is 0.874. The van der Waals surface area contributed by atoms with Crippen LogP contribution in [0.5, 0.6) is 0 Å². The molecule has 0 saturated heterocycles. The third-order valence-electron chi connectivity index (χ3n) is 8.00. The number of hydrogen-bond acceptors (Lipinski definition) is 5. The second-order valence-corrected chi connectivity index (χ2v) is 13.7. The maximum Gasteiger partial charge on any atom is 0.153 e. The fourth-order valence-electron chi connectivity index (χ4n) is 5.40. The zero-order valence-electron chi connectivity index (χ0n) is 28.5. The van der Waals surface area contributed by atoms with Crippen LogP contribution < -0.4 is 14.7 Å². The Morgan fingerprint density at radius 2 is 0.647 bits per heavy atom. The first-order valence-corrected chi connectivity index (χ1v) is 20.0. The van der Waals surface area contributed by atoms with E-state index in [1.165, 1.54) is 0 Å². The summed E-state index contributed by atoms with van der Waals surface area (Å²) in [5.74, 6) is 3.85. The number of rotatable bonds is 21. The Bertz CT molecular complexity index is 1450. The van der Waals surface area contributed by atoms with Crippen molar-refractivity contribution < 1.29 is 0 Å². The Morgan fingerprint density at radius 3 is 0.922 bits per heavy atom. The standard InChI is InChI=1S/C40H43Cl6N5/c41-19-25-49(26-20-42)37-12-3-32(4-13-37)1-10-35-31-36(11-2-33-5-14-38(15-6-33)50(27-21-43)28-22-44)48-40(47-35)18-9-34-7-16-39(17-8-34)51(29-23-45)30-24-46/h1-18,31H,19-30H2/b10-1-,11-2-,18-9+. The van der Waals surface area contributed by atoms with E-state index in [1.54, 1.807) is 0 Å². The normalized spacial score (nSPS) is 11.6. The zero-order valence-corrected chi connectivity index (χ0v) is 33.0. The third kappa shape index (κ3) is 13.5. The second-order valence-electron chi connectivity index (χ2n) is 11.4. The van der Waals surface area contributed by atoms with Crippen LogP contribution in [0.3, 0.4) is 0 Å². The molecular weight excluding hydrogens is 763 g/mol. The number of benzene rings is 3. The molecule has 1 heterocycles. The third-order valence-corrected chi connectivity index (χ3v) is 9.02. The van der Waals surface area contributed by atoms with Gasteiger partial charge in [-0.3, -0.25) is 0 Å². The van der Waals surface area contributed by atoms with Gasteiger partial charge in [0, 0.05) is 91.6 Å². The maximum absolute atomic E-state index is 6.01. The van der Waals surface area contributed by atoms with Crippen LogP contribution >= 0.6 is 69.6 Å². The first-order valence-electron chi connectivity index (χ1n) is 16.8. The summed E-state index contributed by atoms with van der Waals surface area (Å²) in [5, 5.41) is 0. The molecule has 51 heavy (non-hydrogen) atoms. The number of aromatic nitrogens is 2. The highest BCUT2D eigenvalue weighted by Crippen LogP contribution is 2.21. The fourth-order valence-corrected chi connectivity index (χ4v) is 6.62. The molecule has 0 saturated carbocycles. The van der Waals surface area contributed by atoms with Crippen LogP contribution in [0, 0.1) is 0 Å². The van der Waals surface area contributed by atoms with Gasteiger partial charge < -0.3 is 14.7 Å². The number of halogens is 6. The number of hydrogen-bond donors (Lipinski definition) is 0. The molecule has 0 aliphatic rings. The van der Waals surface area contributed by atoms with E-state index in [0.29, 0.717) is 41.1 Å². The average Bonchev–Trinajstić information content (AvgIpc) is 3.16. The Balaban J connectivity index is 1.59. The molecule has 0 fully saturated rings. The predicted molar refractivity (Wildman–Crippen MR) is 229 cm³/mol. The van der Waals surface area contributed by atoms with E-state index in [1.807, 2.05) is 30.4 Å². The van der Waals surface area contributed by atoms with Crippen molar-refractivity contribution in [3.8, 4) is 0 Å². The first-order chi connectivity index (χ1) is 25.0. The number of alkyl halides is 6. The van der Waals surface area contributed by atoms with Crippen LogP contribution in [-0.4, -0.2) is 84.5 Å². The summed E-state index contributed by atoms with van der Waals surface area (Å²) in [5.41, 5.74) is 7.99. The molecular formula is C40H43Cl6N5. The quantitative estimate of drug-likeness (QED) is 0.0784. The minimum atomic E-state index is 0.539. The molecule has 4 rings (SSSR count). The highest BCUT2D eigenvalue weighted by atomic mass is 35.5. The Morgan fingerprint density at radius 1 is 0.373 bits per heavy atom. The largest absolute Gasteiger partial charge is 0.369 e. The molecule has 1 aromatic heterocycles. The zero-order chi connectivity index (χ0) is 36.3. The Kier molecular flexibility index (Phi) is 18.4. The molecule has 0 unspecified atom stereocenters. The van der Waals surface area contributed by atoms with E-state index in [9.17, 15) is 0 Å². The molecule has 0 bridgehead atoms. The van der Waals surface area contributed by atoms with Crippen LogP contribution in [0.15, 0.2) is 78.9 Å². The highest BCUT2D eigenvalue weighted by Gasteiger charge is 2.08. The molecule has 0 atom stereocenters. The van der Waals surface area contributed by atoms with E-state index in [4.69, 9.17) is 79.6 Å². The van der Waals surface area contributed by atoms with Crippen LogP contribution in [0.25, 0.3) is 36.5 Å². The summed E-state index contributed by atoms with van der Waals surface area (Å²) >= 11 is 36.1. The molecule has 4 aromatic rings. The van der Waals surface area contributed by atoms with Gasteiger partial charge in [0.1, 0.15) is 0 Å². The van der Waals surface area contributed by atoms with Gasteiger partial charge in [-0.05, 0) is 77.4 Å². The van der Waals surface area contributed by atoms with Gasteiger partial charge in [-0.15, -0.1) is 69.6 Å². The van der Waals surface area contributed by atoms with Gasteiger partial charge in [0.15, 0.2) is 5.82 Å². The van der Waals surface area contributed by atoms with Crippen molar-refractivity contribution in [1.82, 2.24) is 9.97 Å². The minimum absolute atomic E-state index is 0.539. The van der Waals surface area contributed by atoms with Gasteiger partial charge in [-0.25, -0.2) is 9.97 Å². The van der Waals surface area contributed by atoms with Gasteiger partial charge in [0.2, 0.25) is 0 Å². The molecule has 11 heteroatoms. The summed E-state index contributed by atoms with van der Waals surface area (Å²) in [6.45, 7) is 4.45. The van der Waals surface area contributed by atoms with Gasteiger partial charge in [-0.2, -0.15) is 0 Å². The van der Waals surface area contributed by atoms with Crippen molar-refractivity contribution >= 4 is 123 Å². The van der Waals surface area contributed by atoms with Gasteiger partial charge in [0.25, 0.3) is 0 Å². The lowest BCUT2D eigenvalue weighted by Gasteiger charge is -2.22. The van der Waals surface area contributed by atoms with E-state index < -0.39 is 0 Å². The van der Waals surface area contributed by atoms with Crippen molar-refractivity contribution in [1.29, 1.82) is 0 Å². The van der Waals surface area contributed by atoms with Crippen LogP contribution in [0.4, 0.5) is 17.1 Å². The smallest absolute Gasteiger partial charge is 0.153 e. The van der Waals surface area contributed by atoms with Crippen molar-refractivity contribution in [2.24, 2.45) is 0 Å². The van der Waals surface area contributed by atoms with E-state index in [-0.39, 0.29) is 0 Å². The number of nitrogens with zero attached hydrogens (tertiary/aromatic N) is 5. The van der Waals surface area contributed by atoms with Crippen molar-refractivity contribution in [2.75, 3.05) is 89.2 Å². The van der Waals surface area contributed by atoms with Crippen molar-refractivity contribution in [3.05, 3.63) is 113 Å². The van der Waals surface area contributed by atoms with Crippen molar-refractivity contribution in [3.63, 3.8) is 0 Å². The molecule has 0 aliphatic heterocycles. The van der Waals surface area contributed by atoms with Gasteiger partial charge in [0.05, 0.1) is 11.4 Å². The topological polar surface area (TPSA) is 35.5 Å². The van der Waals surface area contributed by atoms with Crippen LogP contribution in [0.1, 0.15) is 33.9 Å². The Labute approximate surface area is 333 Å². The van der Waals surface area contributed by atoms with E-state index in [2.05, 4.69) is 99.6 Å². The van der Waals surface area contributed by atoms with Gasteiger partial charge in [-0.1, -0.05) is 54.6 Å². The molecule has 3 aromatic carbocycles. The van der Waals surface area contributed by atoms with E-state index >= 15 is 0 Å². The molecule has 0 radical (unpaired) electrons. The van der Waals surface area contributed by atoms with Crippen molar-refractivity contribution in [2.45, 2.75) is 0 Å². The molecule has 0 N–H and O–H groups in total. The second kappa shape index (κ2) is 22.9. The monoisotopic (exact) mass is 803 g/mol. The summed E-state index contributed by atoms with van der Waals surface area (Å²) in [6, 6.07) is 27.0. The highest BCUT2D eigenvalue weighted by molar-refractivity contribution is 6.19. The van der Waals surface area contributed by atoms with Gasteiger partial charge >= 0.3 is 0 Å². The van der Waals surface area contributed by atoms with E-state index in [0.717, 1.165) is 84.4 Å². The lowest BCUT2D eigenvalue weighted by atomic mass is 10.1. The maximum atomic E-state index is 6.01. The first kappa shape index (κ1) is 40.9. The molecule has 0 aliphatic carbocycles. The average molecular weight is 807 g/mol.